The van der Waals surface area contributed by atoms with E-state index in [1.54, 1.807) is 45.1 Å². The highest BCUT2D eigenvalue weighted by atomic mass is 35.5. The predicted octanol–water partition coefficient (Wildman–Crippen LogP) is 3.88. The van der Waals surface area contributed by atoms with Crippen LogP contribution in [0.5, 0.6) is 5.75 Å². The van der Waals surface area contributed by atoms with E-state index >= 15 is 0 Å². The normalized spacial score (nSPS) is 23.2. The van der Waals surface area contributed by atoms with E-state index in [-0.39, 0.29) is 24.0 Å². The van der Waals surface area contributed by atoms with Crippen molar-refractivity contribution in [3.8, 4) is 5.75 Å². The van der Waals surface area contributed by atoms with E-state index in [0.717, 1.165) is 0 Å². The van der Waals surface area contributed by atoms with Gasteiger partial charge in [-0.1, -0.05) is 42.8 Å². The van der Waals surface area contributed by atoms with Gasteiger partial charge in [0, 0.05) is 12.1 Å². The Morgan fingerprint density at radius 2 is 1.94 bits per heavy atom. The number of aliphatic hydroxyl groups excluding tert-OH is 2. The zero-order chi connectivity index (χ0) is 24.8. The van der Waals surface area contributed by atoms with E-state index in [1.807, 2.05) is 6.92 Å². The van der Waals surface area contributed by atoms with Crippen LogP contribution in [0.1, 0.15) is 50.0 Å². The summed E-state index contributed by atoms with van der Waals surface area (Å²) in [5.74, 6) is -2.08. The Hall–Kier alpha value is -1.94. The van der Waals surface area contributed by atoms with Crippen LogP contribution in [0.2, 0.25) is 5.02 Å². The van der Waals surface area contributed by atoms with Crippen molar-refractivity contribution in [3.05, 3.63) is 46.5 Å². The minimum absolute atomic E-state index is 0.0387. The van der Waals surface area contributed by atoms with E-state index in [2.05, 4.69) is 0 Å². The number of aliphatic hydroxyl groups is 2. The minimum Gasteiger partial charge on any atom is -0.478 e. The van der Waals surface area contributed by atoms with Crippen LogP contribution >= 0.6 is 11.6 Å². The predicted molar refractivity (Wildman–Crippen MR) is 124 cm³/mol. The summed E-state index contributed by atoms with van der Waals surface area (Å²) >= 11 is 6.15. The molecule has 1 saturated heterocycles. The van der Waals surface area contributed by atoms with E-state index < -0.39 is 36.2 Å². The maximum absolute atomic E-state index is 11.8. The molecule has 1 aliphatic heterocycles. The molecule has 8 nitrogen and oxygen atoms in total. The molecule has 184 valence electrons. The van der Waals surface area contributed by atoms with Crippen LogP contribution in [0.3, 0.4) is 0 Å². The van der Waals surface area contributed by atoms with Gasteiger partial charge in [-0.15, -0.1) is 0 Å². The van der Waals surface area contributed by atoms with Gasteiger partial charge in [0.05, 0.1) is 12.2 Å². The van der Waals surface area contributed by atoms with Gasteiger partial charge in [-0.3, -0.25) is 0 Å². The van der Waals surface area contributed by atoms with Crippen molar-refractivity contribution in [3.63, 3.8) is 0 Å². The lowest BCUT2D eigenvalue weighted by molar-refractivity contribution is -0.152. The minimum atomic E-state index is -1.16. The summed E-state index contributed by atoms with van der Waals surface area (Å²) in [6.45, 7) is 6.93. The largest absolute Gasteiger partial charge is 0.478 e. The lowest BCUT2D eigenvalue weighted by atomic mass is 10.00. The first-order valence-electron chi connectivity index (χ1n) is 10.7. The smallest absolute Gasteiger partial charge is 0.340 e. The lowest BCUT2D eigenvalue weighted by Crippen LogP contribution is -2.34. The Bertz CT molecular complexity index is 864. The molecule has 1 unspecified atom stereocenters. The number of methoxy groups -OCH3 is 1. The Morgan fingerprint density at radius 3 is 2.55 bits per heavy atom. The second-order valence-corrected chi connectivity index (χ2v) is 8.91. The zero-order valence-corrected chi connectivity index (χ0v) is 20.3. The van der Waals surface area contributed by atoms with Crippen molar-refractivity contribution in [2.45, 2.75) is 64.3 Å². The number of benzene rings is 1. The molecule has 33 heavy (non-hydrogen) atoms. The molecule has 1 fully saturated rings. The SMILES string of the molecule is COCOc1cc(Cl)cc(/C=C/C[C@@H]2OC(C)(C)O[C@@H]2C(O)/C=C\[C@@H](C)[C@H](C)O)c1C(=O)O. The van der Waals surface area contributed by atoms with Crippen molar-refractivity contribution in [1.29, 1.82) is 0 Å². The monoisotopic (exact) mass is 484 g/mol. The van der Waals surface area contributed by atoms with Gasteiger partial charge in [-0.05, 0) is 50.8 Å². The highest BCUT2D eigenvalue weighted by molar-refractivity contribution is 6.31. The van der Waals surface area contributed by atoms with Gasteiger partial charge < -0.3 is 34.3 Å². The first kappa shape index (κ1) is 27.3. The highest BCUT2D eigenvalue weighted by Gasteiger charge is 2.43. The van der Waals surface area contributed by atoms with Crippen molar-refractivity contribution < 1.29 is 39.1 Å². The number of halogens is 1. The average molecular weight is 485 g/mol. The van der Waals surface area contributed by atoms with Gasteiger partial charge in [0.2, 0.25) is 0 Å². The van der Waals surface area contributed by atoms with Crippen LogP contribution < -0.4 is 4.74 Å². The molecular formula is C24H33ClO8. The summed E-state index contributed by atoms with van der Waals surface area (Å²) in [7, 11) is 1.43. The van der Waals surface area contributed by atoms with Crippen LogP contribution in [-0.2, 0) is 14.2 Å². The van der Waals surface area contributed by atoms with Crippen LogP contribution in [0, 0.1) is 5.92 Å². The van der Waals surface area contributed by atoms with Crippen molar-refractivity contribution in [2.24, 2.45) is 5.92 Å². The first-order valence-corrected chi connectivity index (χ1v) is 11.1. The Labute approximate surface area is 199 Å². The van der Waals surface area contributed by atoms with Gasteiger partial charge >= 0.3 is 5.97 Å². The van der Waals surface area contributed by atoms with E-state index in [9.17, 15) is 20.1 Å². The molecule has 0 aromatic heterocycles. The molecule has 0 saturated carbocycles. The number of aromatic carboxylic acids is 1. The fourth-order valence-corrected chi connectivity index (χ4v) is 3.64. The molecular weight excluding hydrogens is 452 g/mol. The van der Waals surface area contributed by atoms with Gasteiger partial charge in [-0.2, -0.15) is 0 Å². The molecule has 5 atom stereocenters. The number of rotatable bonds is 11. The van der Waals surface area contributed by atoms with Gasteiger partial charge in [-0.25, -0.2) is 4.79 Å². The number of carbonyl (C=O) groups is 1. The third-order valence-electron chi connectivity index (χ3n) is 5.24. The zero-order valence-electron chi connectivity index (χ0n) is 19.5. The summed E-state index contributed by atoms with van der Waals surface area (Å²) in [6.07, 6.45) is 4.46. The number of carboxylic acids is 1. The van der Waals surface area contributed by atoms with Crippen LogP contribution in [0.15, 0.2) is 30.4 Å². The second-order valence-electron chi connectivity index (χ2n) is 8.48. The van der Waals surface area contributed by atoms with Crippen molar-refractivity contribution in [2.75, 3.05) is 13.9 Å². The lowest BCUT2D eigenvalue weighted by Gasteiger charge is -2.20. The van der Waals surface area contributed by atoms with E-state index in [0.29, 0.717) is 17.0 Å². The van der Waals surface area contributed by atoms with Gasteiger partial charge in [0.1, 0.15) is 23.5 Å². The van der Waals surface area contributed by atoms with Gasteiger partial charge in [0.25, 0.3) is 0 Å². The number of hydrogen-bond acceptors (Lipinski definition) is 7. The highest BCUT2D eigenvalue weighted by Crippen LogP contribution is 2.33. The molecule has 0 radical (unpaired) electrons. The molecule has 1 aliphatic rings. The first-order chi connectivity index (χ1) is 15.4. The molecule has 2 rings (SSSR count). The van der Waals surface area contributed by atoms with Gasteiger partial charge in [0.15, 0.2) is 12.6 Å². The second kappa shape index (κ2) is 12.0. The Kier molecular flexibility index (Phi) is 9.90. The van der Waals surface area contributed by atoms with Crippen LogP contribution in [-0.4, -0.2) is 65.4 Å². The number of carboxylic acid groups (broad SMARTS) is 1. The van der Waals surface area contributed by atoms with Crippen molar-refractivity contribution >= 4 is 23.6 Å². The molecule has 0 bridgehead atoms. The molecule has 1 aromatic rings. The summed E-state index contributed by atoms with van der Waals surface area (Å²) in [5.41, 5.74) is 0.324. The summed E-state index contributed by atoms with van der Waals surface area (Å²) in [6, 6.07) is 2.95. The molecule has 0 aliphatic carbocycles. The summed E-state index contributed by atoms with van der Waals surface area (Å²) in [5, 5.41) is 30.3. The molecule has 1 aromatic carbocycles. The average Bonchev–Trinajstić information content (AvgIpc) is 3.03. The topological polar surface area (TPSA) is 115 Å². The van der Waals surface area contributed by atoms with Crippen LogP contribution in [0.25, 0.3) is 6.08 Å². The fourth-order valence-electron chi connectivity index (χ4n) is 3.42. The molecule has 3 N–H and O–H groups in total. The third kappa shape index (κ3) is 7.81. The van der Waals surface area contributed by atoms with E-state index in [1.165, 1.54) is 19.2 Å². The number of ether oxygens (including phenoxy) is 4. The Morgan fingerprint density at radius 1 is 1.24 bits per heavy atom. The Balaban J connectivity index is 2.21. The van der Waals surface area contributed by atoms with Crippen LogP contribution in [0.4, 0.5) is 0 Å². The fraction of sp³-hybridized carbons (Fsp3) is 0.542. The maximum atomic E-state index is 11.8. The molecule has 9 heteroatoms. The standard InChI is InChI=1S/C24H33ClO8/c1-14(15(2)26)9-10-18(27)22-19(32-24(3,4)33-22)8-6-7-16-11-17(25)12-20(31-13-30-5)21(16)23(28)29/h6-7,9-12,14-15,18-19,22,26-27H,8,13H2,1-5H3,(H,28,29)/b7-6+,10-9-/t14-,15+,18?,19+,22-/m1/s1. The summed E-state index contributed by atoms with van der Waals surface area (Å²) in [4.78, 5) is 11.8. The summed E-state index contributed by atoms with van der Waals surface area (Å²) < 4.78 is 22.1. The molecule has 1 heterocycles. The number of hydrogen-bond donors (Lipinski definition) is 3. The quantitative estimate of drug-likeness (QED) is 0.320. The third-order valence-corrected chi connectivity index (χ3v) is 5.46. The maximum Gasteiger partial charge on any atom is 0.340 e. The molecule has 0 spiro atoms. The van der Waals surface area contributed by atoms with E-state index in [4.69, 9.17) is 30.5 Å². The van der Waals surface area contributed by atoms with Crippen molar-refractivity contribution in [1.82, 2.24) is 0 Å². The molecule has 0 amide bonds.